The van der Waals surface area contributed by atoms with Crippen LogP contribution in [0.5, 0.6) is 0 Å². The Bertz CT molecular complexity index is 1210. The van der Waals surface area contributed by atoms with Crippen LogP contribution < -0.4 is 10.6 Å². The van der Waals surface area contributed by atoms with Crippen LogP contribution >= 0.6 is 0 Å². The fraction of sp³-hybridized carbons (Fsp3) is 0.385. The largest absolute Gasteiger partial charge is 0.378 e. The van der Waals surface area contributed by atoms with Gasteiger partial charge in [-0.2, -0.15) is 0 Å². The minimum Gasteiger partial charge on any atom is -0.378 e. The molecule has 0 bridgehead atoms. The first-order valence-electron chi connectivity index (χ1n) is 11.3. The standard InChI is InChI=1S/C26H28F3N3O2/c1-15(17-5-4-6-18(24(17)27)25(28)29)32-22-7-10-31-23-14-19(16(2)33)21(13-20(22)23)26(34-3)8-11-30-12-9-26/h4-7,10,13-15,25,30H,8-9,11-12H2,1-3H3,(H,31,32). The summed E-state index contributed by atoms with van der Waals surface area (Å²) < 4.78 is 47.1. The van der Waals surface area contributed by atoms with E-state index in [1.54, 1.807) is 32.4 Å². The van der Waals surface area contributed by atoms with Gasteiger partial charge in [0.05, 0.1) is 22.7 Å². The SMILES string of the molecule is COC1(c2cc3c(NC(C)c4cccc(C(F)F)c4F)ccnc3cc2C(C)=O)CCNCC1. The molecule has 0 amide bonds. The van der Waals surface area contributed by atoms with Gasteiger partial charge in [-0.15, -0.1) is 0 Å². The maximum atomic E-state index is 14.7. The Morgan fingerprint density at radius 1 is 1.18 bits per heavy atom. The predicted molar refractivity (Wildman–Crippen MR) is 126 cm³/mol. The van der Waals surface area contributed by atoms with Crippen molar-refractivity contribution in [2.45, 2.75) is 44.8 Å². The molecule has 34 heavy (non-hydrogen) atoms. The van der Waals surface area contributed by atoms with Crippen molar-refractivity contribution in [3.05, 3.63) is 70.7 Å². The Kier molecular flexibility index (Phi) is 6.91. The molecule has 0 radical (unpaired) electrons. The summed E-state index contributed by atoms with van der Waals surface area (Å²) in [6, 6.07) is 8.88. The number of aromatic nitrogens is 1. The minimum atomic E-state index is -2.89. The number of nitrogens with one attached hydrogen (secondary N) is 2. The van der Waals surface area contributed by atoms with Crippen molar-refractivity contribution in [2.24, 2.45) is 0 Å². The highest BCUT2D eigenvalue weighted by molar-refractivity contribution is 6.02. The topological polar surface area (TPSA) is 63.2 Å². The Morgan fingerprint density at radius 2 is 1.88 bits per heavy atom. The summed E-state index contributed by atoms with van der Waals surface area (Å²) in [5, 5.41) is 7.32. The average Bonchev–Trinajstić information content (AvgIpc) is 2.83. The molecule has 1 aliphatic rings. The highest BCUT2D eigenvalue weighted by Gasteiger charge is 2.37. The van der Waals surface area contributed by atoms with Gasteiger partial charge in [-0.1, -0.05) is 18.2 Å². The fourth-order valence-corrected chi connectivity index (χ4v) is 4.78. The minimum absolute atomic E-state index is 0.0775. The molecule has 3 aromatic rings. The number of ketones is 1. The summed E-state index contributed by atoms with van der Waals surface area (Å²) in [4.78, 5) is 17.0. The van der Waals surface area contributed by atoms with E-state index in [0.717, 1.165) is 30.1 Å². The Morgan fingerprint density at radius 3 is 2.53 bits per heavy atom. The van der Waals surface area contributed by atoms with Crippen LogP contribution in [0, 0.1) is 5.82 Å². The van der Waals surface area contributed by atoms with Crippen LogP contribution in [0.1, 0.15) is 66.2 Å². The summed E-state index contributed by atoms with van der Waals surface area (Å²) in [5.74, 6) is -0.991. The molecule has 0 spiro atoms. The number of rotatable bonds is 7. The van der Waals surface area contributed by atoms with E-state index in [4.69, 9.17) is 4.74 Å². The number of piperidine rings is 1. The fourth-order valence-electron chi connectivity index (χ4n) is 4.78. The molecule has 2 N–H and O–H groups in total. The van der Waals surface area contributed by atoms with Crippen molar-refractivity contribution >= 4 is 22.4 Å². The summed E-state index contributed by atoms with van der Waals surface area (Å²) in [5.41, 5.74) is 1.54. The number of methoxy groups -OCH3 is 1. The van der Waals surface area contributed by atoms with Gasteiger partial charge in [0, 0.05) is 35.5 Å². The zero-order chi connectivity index (χ0) is 24.5. The second-order valence-electron chi connectivity index (χ2n) is 8.70. The van der Waals surface area contributed by atoms with Crippen LogP contribution in [-0.4, -0.2) is 31.0 Å². The molecule has 1 saturated heterocycles. The number of fused-ring (bicyclic) bond motifs is 1. The van der Waals surface area contributed by atoms with Gasteiger partial charge in [0.1, 0.15) is 5.82 Å². The van der Waals surface area contributed by atoms with Gasteiger partial charge in [-0.3, -0.25) is 9.78 Å². The van der Waals surface area contributed by atoms with E-state index in [1.165, 1.54) is 19.1 Å². The first kappa shape index (κ1) is 24.2. The molecule has 1 aliphatic heterocycles. The lowest BCUT2D eigenvalue weighted by atomic mass is 9.80. The molecule has 2 aromatic carbocycles. The first-order chi connectivity index (χ1) is 16.3. The lowest BCUT2D eigenvalue weighted by Gasteiger charge is -2.38. The molecule has 0 aliphatic carbocycles. The van der Waals surface area contributed by atoms with Gasteiger partial charge in [-0.25, -0.2) is 13.2 Å². The Balaban J connectivity index is 1.81. The van der Waals surface area contributed by atoms with Gasteiger partial charge in [0.2, 0.25) is 0 Å². The van der Waals surface area contributed by atoms with Crippen molar-refractivity contribution in [3.63, 3.8) is 0 Å². The quantitative estimate of drug-likeness (QED) is 0.420. The van der Waals surface area contributed by atoms with E-state index >= 15 is 0 Å². The van der Waals surface area contributed by atoms with Gasteiger partial charge >= 0.3 is 0 Å². The second-order valence-corrected chi connectivity index (χ2v) is 8.70. The highest BCUT2D eigenvalue weighted by Crippen LogP contribution is 2.40. The number of benzene rings is 2. The maximum absolute atomic E-state index is 14.7. The number of anilines is 1. The number of carbonyl (C=O) groups excluding carboxylic acids is 1. The number of nitrogens with zero attached hydrogens (tertiary/aromatic N) is 1. The van der Waals surface area contributed by atoms with Crippen LogP contribution in [0.2, 0.25) is 0 Å². The molecular formula is C26H28F3N3O2. The van der Waals surface area contributed by atoms with Crippen molar-refractivity contribution in [1.82, 2.24) is 10.3 Å². The van der Waals surface area contributed by atoms with E-state index in [0.29, 0.717) is 29.6 Å². The van der Waals surface area contributed by atoms with Crippen LogP contribution in [0.25, 0.3) is 10.9 Å². The van der Waals surface area contributed by atoms with E-state index in [1.807, 2.05) is 6.07 Å². The molecule has 180 valence electrons. The zero-order valence-electron chi connectivity index (χ0n) is 19.4. The van der Waals surface area contributed by atoms with Crippen molar-refractivity contribution in [1.29, 1.82) is 0 Å². The normalized spacial score (nSPS) is 16.6. The number of hydrogen-bond donors (Lipinski definition) is 2. The Labute approximate surface area is 196 Å². The molecule has 2 heterocycles. The first-order valence-corrected chi connectivity index (χ1v) is 11.3. The number of hydrogen-bond acceptors (Lipinski definition) is 5. The van der Waals surface area contributed by atoms with Gasteiger partial charge in [-0.05, 0) is 63.5 Å². The van der Waals surface area contributed by atoms with Gasteiger partial charge < -0.3 is 15.4 Å². The van der Waals surface area contributed by atoms with Gasteiger partial charge in [0.15, 0.2) is 5.78 Å². The molecule has 4 rings (SSSR count). The average molecular weight is 472 g/mol. The van der Waals surface area contributed by atoms with Crippen molar-refractivity contribution < 1.29 is 22.7 Å². The summed E-state index contributed by atoms with van der Waals surface area (Å²) in [6.45, 7) is 4.77. The monoisotopic (exact) mass is 471 g/mol. The van der Waals surface area contributed by atoms with E-state index in [2.05, 4.69) is 15.6 Å². The highest BCUT2D eigenvalue weighted by atomic mass is 19.3. The third-order valence-corrected chi connectivity index (χ3v) is 6.69. The molecule has 1 unspecified atom stereocenters. The molecular weight excluding hydrogens is 443 g/mol. The second kappa shape index (κ2) is 9.72. The molecule has 1 aromatic heterocycles. The number of alkyl halides is 2. The molecule has 5 nitrogen and oxygen atoms in total. The number of Topliss-reactive ketones (excluding diaryl/α,β-unsaturated/α-hetero) is 1. The maximum Gasteiger partial charge on any atom is 0.266 e. The smallest absolute Gasteiger partial charge is 0.266 e. The molecule has 0 saturated carbocycles. The van der Waals surface area contributed by atoms with E-state index in [9.17, 15) is 18.0 Å². The van der Waals surface area contributed by atoms with Gasteiger partial charge in [0.25, 0.3) is 6.43 Å². The van der Waals surface area contributed by atoms with Crippen LogP contribution in [-0.2, 0) is 10.3 Å². The molecule has 8 heteroatoms. The van der Waals surface area contributed by atoms with Crippen molar-refractivity contribution in [2.75, 3.05) is 25.5 Å². The lowest BCUT2D eigenvalue weighted by Crippen LogP contribution is -2.42. The lowest BCUT2D eigenvalue weighted by molar-refractivity contribution is -0.0394. The number of pyridine rings is 1. The third kappa shape index (κ3) is 4.40. The Hall–Kier alpha value is -2.97. The van der Waals surface area contributed by atoms with Crippen LogP contribution in [0.4, 0.5) is 18.9 Å². The molecule has 1 atom stereocenters. The predicted octanol–water partition coefficient (Wildman–Crippen LogP) is 5.91. The van der Waals surface area contributed by atoms with Crippen molar-refractivity contribution in [3.8, 4) is 0 Å². The number of halogens is 3. The summed E-state index contributed by atoms with van der Waals surface area (Å²) in [7, 11) is 1.66. The zero-order valence-corrected chi connectivity index (χ0v) is 19.4. The van der Waals surface area contributed by atoms with Crippen LogP contribution in [0.3, 0.4) is 0 Å². The van der Waals surface area contributed by atoms with E-state index in [-0.39, 0.29) is 11.3 Å². The summed E-state index contributed by atoms with van der Waals surface area (Å²) >= 11 is 0. The third-order valence-electron chi connectivity index (χ3n) is 6.69. The summed E-state index contributed by atoms with van der Waals surface area (Å²) in [6.07, 6.45) is 0.126. The number of carbonyl (C=O) groups is 1. The van der Waals surface area contributed by atoms with E-state index < -0.39 is 29.4 Å². The molecule has 1 fully saturated rings. The van der Waals surface area contributed by atoms with Crippen LogP contribution in [0.15, 0.2) is 42.6 Å². The number of ether oxygens (including phenoxy) is 1.